The van der Waals surface area contributed by atoms with Crippen LogP contribution in [0.25, 0.3) is 0 Å². The van der Waals surface area contributed by atoms with Crippen molar-refractivity contribution in [2.45, 2.75) is 32.5 Å². The molecule has 1 aromatic carbocycles. The van der Waals surface area contributed by atoms with Gasteiger partial charge in [0.15, 0.2) is 0 Å². The number of anilines is 1. The predicted molar refractivity (Wildman–Crippen MR) is 88.0 cm³/mol. The Labute approximate surface area is 140 Å². The van der Waals surface area contributed by atoms with E-state index in [0.717, 1.165) is 19.2 Å². The van der Waals surface area contributed by atoms with E-state index < -0.39 is 11.7 Å². The average molecular weight is 343 g/mol. The summed E-state index contributed by atoms with van der Waals surface area (Å²) in [5, 5.41) is 2.85. The maximum atomic E-state index is 12.8. The zero-order valence-corrected chi connectivity index (χ0v) is 14.1. The van der Waals surface area contributed by atoms with E-state index in [1.54, 1.807) is 6.07 Å². The molecule has 7 heteroatoms. The summed E-state index contributed by atoms with van der Waals surface area (Å²) >= 11 is 0. The third-order valence-corrected chi connectivity index (χ3v) is 4.02. The zero-order valence-electron chi connectivity index (χ0n) is 14.1. The van der Waals surface area contributed by atoms with E-state index in [9.17, 15) is 18.0 Å². The second-order valence-electron chi connectivity index (χ2n) is 6.35. The lowest BCUT2D eigenvalue weighted by Gasteiger charge is -2.36. The Morgan fingerprint density at radius 3 is 2.46 bits per heavy atom. The normalized spacial score (nSPS) is 16.5. The number of hydrogen-bond acceptors (Lipinski definition) is 3. The highest BCUT2D eigenvalue weighted by molar-refractivity contribution is 5.76. The van der Waals surface area contributed by atoms with E-state index in [4.69, 9.17) is 0 Å². The number of alkyl halides is 3. The predicted octanol–water partition coefficient (Wildman–Crippen LogP) is 2.74. The largest absolute Gasteiger partial charge is 0.416 e. The molecular weight excluding hydrogens is 319 g/mol. The van der Waals surface area contributed by atoms with Crippen LogP contribution in [0.1, 0.15) is 25.8 Å². The minimum atomic E-state index is -4.32. The van der Waals surface area contributed by atoms with E-state index in [-0.39, 0.29) is 11.9 Å². The first-order valence-electron chi connectivity index (χ1n) is 8.19. The van der Waals surface area contributed by atoms with Crippen molar-refractivity contribution in [2.75, 3.05) is 37.6 Å². The van der Waals surface area contributed by atoms with Gasteiger partial charge in [-0.3, -0.25) is 9.69 Å². The van der Waals surface area contributed by atoms with Gasteiger partial charge in [-0.25, -0.2) is 0 Å². The molecule has 1 amide bonds. The molecule has 0 atom stereocenters. The minimum absolute atomic E-state index is 0.0327. The number of hydrogen-bond donors (Lipinski definition) is 1. The van der Waals surface area contributed by atoms with Gasteiger partial charge in [0.05, 0.1) is 5.56 Å². The quantitative estimate of drug-likeness (QED) is 0.893. The first-order chi connectivity index (χ1) is 11.3. The number of rotatable bonds is 5. The Kier molecular flexibility index (Phi) is 6.10. The summed E-state index contributed by atoms with van der Waals surface area (Å²) in [4.78, 5) is 15.8. The molecule has 0 aromatic heterocycles. The van der Waals surface area contributed by atoms with E-state index in [1.165, 1.54) is 12.1 Å². The highest BCUT2D eigenvalue weighted by atomic mass is 19.4. The Morgan fingerprint density at radius 1 is 1.21 bits per heavy atom. The second kappa shape index (κ2) is 7.88. The second-order valence-corrected chi connectivity index (χ2v) is 6.35. The highest BCUT2D eigenvalue weighted by Crippen LogP contribution is 2.31. The molecule has 0 bridgehead atoms. The molecule has 0 aliphatic carbocycles. The van der Waals surface area contributed by atoms with E-state index >= 15 is 0 Å². The number of nitrogens with one attached hydrogen (secondary N) is 1. The lowest BCUT2D eigenvalue weighted by molar-refractivity contribution is -0.137. The molecule has 1 saturated heterocycles. The summed E-state index contributed by atoms with van der Waals surface area (Å²) in [5.74, 6) is 0.0327. The van der Waals surface area contributed by atoms with E-state index in [1.807, 2.05) is 18.7 Å². The third-order valence-electron chi connectivity index (χ3n) is 4.02. The van der Waals surface area contributed by atoms with Crippen LogP contribution >= 0.6 is 0 Å². The molecule has 0 spiro atoms. The van der Waals surface area contributed by atoms with Crippen LogP contribution in [0.2, 0.25) is 0 Å². The number of carbonyl (C=O) groups is 1. The summed E-state index contributed by atoms with van der Waals surface area (Å²) in [6, 6.07) is 5.58. The van der Waals surface area contributed by atoms with Gasteiger partial charge in [-0.15, -0.1) is 0 Å². The fourth-order valence-electron chi connectivity index (χ4n) is 2.76. The Hall–Kier alpha value is -1.76. The van der Waals surface area contributed by atoms with Crippen molar-refractivity contribution < 1.29 is 18.0 Å². The SMILES string of the molecule is CC(C)NC(=O)CCN1CCN(c2cccc(C(F)(F)F)c2)CC1. The summed E-state index contributed by atoms with van der Waals surface area (Å²) in [5.41, 5.74) is -0.0187. The van der Waals surface area contributed by atoms with Crippen molar-refractivity contribution >= 4 is 11.6 Å². The lowest BCUT2D eigenvalue weighted by atomic mass is 10.1. The molecule has 2 rings (SSSR count). The first-order valence-corrected chi connectivity index (χ1v) is 8.19. The van der Waals surface area contributed by atoms with Gasteiger partial charge in [-0.05, 0) is 32.0 Å². The Balaban J connectivity index is 1.84. The molecule has 1 aliphatic heterocycles. The fraction of sp³-hybridized carbons (Fsp3) is 0.588. The smallest absolute Gasteiger partial charge is 0.369 e. The van der Waals surface area contributed by atoms with Gasteiger partial charge in [-0.1, -0.05) is 6.07 Å². The molecule has 0 radical (unpaired) electrons. The van der Waals surface area contributed by atoms with Gasteiger partial charge in [0.1, 0.15) is 0 Å². The Morgan fingerprint density at radius 2 is 1.88 bits per heavy atom. The monoisotopic (exact) mass is 343 g/mol. The number of benzene rings is 1. The van der Waals surface area contributed by atoms with Gasteiger partial charge in [-0.2, -0.15) is 13.2 Å². The maximum Gasteiger partial charge on any atom is 0.416 e. The fourth-order valence-corrected chi connectivity index (χ4v) is 2.76. The van der Waals surface area contributed by atoms with Gasteiger partial charge in [0.2, 0.25) is 5.91 Å². The summed E-state index contributed by atoms with van der Waals surface area (Å²) in [7, 11) is 0. The van der Waals surface area contributed by atoms with Crippen LogP contribution in [-0.4, -0.2) is 49.6 Å². The molecule has 1 fully saturated rings. The molecule has 1 heterocycles. The van der Waals surface area contributed by atoms with Gasteiger partial charge >= 0.3 is 6.18 Å². The van der Waals surface area contributed by atoms with Crippen LogP contribution in [-0.2, 0) is 11.0 Å². The topological polar surface area (TPSA) is 35.6 Å². The standard InChI is InChI=1S/C17H24F3N3O/c1-13(2)21-16(24)6-7-22-8-10-23(11-9-22)15-5-3-4-14(12-15)17(18,19)20/h3-5,12-13H,6-11H2,1-2H3,(H,21,24). The third kappa shape index (κ3) is 5.40. The summed E-state index contributed by atoms with van der Waals surface area (Å²) in [6.07, 6.45) is -3.87. The minimum Gasteiger partial charge on any atom is -0.369 e. The molecule has 1 aromatic rings. The Bertz CT molecular complexity index is 552. The van der Waals surface area contributed by atoms with Crippen molar-refractivity contribution in [3.63, 3.8) is 0 Å². The molecule has 24 heavy (non-hydrogen) atoms. The highest BCUT2D eigenvalue weighted by Gasteiger charge is 2.31. The number of piperazine rings is 1. The zero-order chi connectivity index (χ0) is 17.7. The van der Waals surface area contributed by atoms with Crippen LogP contribution in [0.4, 0.5) is 18.9 Å². The van der Waals surface area contributed by atoms with Crippen LogP contribution in [0.3, 0.4) is 0 Å². The molecule has 4 nitrogen and oxygen atoms in total. The number of amides is 1. The van der Waals surface area contributed by atoms with Crippen molar-refractivity contribution in [3.05, 3.63) is 29.8 Å². The molecule has 1 aliphatic rings. The summed E-state index contributed by atoms with van der Waals surface area (Å²) < 4.78 is 38.4. The van der Waals surface area contributed by atoms with E-state index in [2.05, 4.69) is 10.2 Å². The molecule has 0 saturated carbocycles. The maximum absolute atomic E-state index is 12.8. The van der Waals surface area contributed by atoms with Crippen molar-refractivity contribution in [1.29, 1.82) is 0 Å². The molecule has 0 unspecified atom stereocenters. The number of carbonyl (C=O) groups excluding carboxylic acids is 1. The van der Waals surface area contributed by atoms with Crippen LogP contribution < -0.4 is 10.2 Å². The van der Waals surface area contributed by atoms with Gasteiger partial charge < -0.3 is 10.2 Å². The first kappa shape index (κ1) is 18.6. The summed E-state index contributed by atoms with van der Waals surface area (Å²) in [6.45, 7) is 7.32. The molecule has 1 N–H and O–H groups in total. The number of halogens is 3. The van der Waals surface area contributed by atoms with Gasteiger partial charge in [0.25, 0.3) is 0 Å². The van der Waals surface area contributed by atoms with Gasteiger partial charge in [0, 0.05) is 50.9 Å². The van der Waals surface area contributed by atoms with Crippen molar-refractivity contribution in [1.82, 2.24) is 10.2 Å². The van der Waals surface area contributed by atoms with Crippen LogP contribution in [0, 0.1) is 0 Å². The molecule has 134 valence electrons. The van der Waals surface area contributed by atoms with Crippen LogP contribution in [0.5, 0.6) is 0 Å². The molecular formula is C17H24F3N3O. The average Bonchev–Trinajstić information content (AvgIpc) is 2.52. The lowest BCUT2D eigenvalue weighted by Crippen LogP contribution is -2.47. The van der Waals surface area contributed by atoms with Crippen LogP contribution in [0.15, 0.2) is 24.3 Å². The van der Waals surface area contributed by atoms with Crippen molar-refractivity contribution in [2.24, 2.45) is 0 Å². The van der Waals surface area contributed by atoms with E-state index in [0.29, 0.717) is 31.7 Å². The van der Waals surface area contributed by atoms with Crippen molar-refractivity contribution in [3.8, 4) is 0 Å². The number of nitrogens with zero attached hydrogens (tertiary/aromatic N) is 2.